The van der Waals surface area contributed by atoms with Gasteiger partial charge in [0.05, 0.1) is 6.42 Å². The molecule has 3 heterocycles. The lowest BCUT2D eigenvalue weighted by molar-refractivity contribution is -0.133. The Bertz CT molecular complexity index is 1030. The Morgan fingerprint density at radius 1 is 1.16 bits per heavy atom. The number of aryl methyl sites for hydroxylation is 2. The van der Waals surface area contributed by atoms with Crippen LogP contribution in [-0.2, 0) is 20.8 Å². The minimum absolute atomic E-state index is 0.0237. The van der Waals surface area contributed by atoms with E-state index in [0.29, 0.717) is 37.4 Å². The van der Waals surface area contributed by atoms with Gasteiger partial charge in [0, 0.05) is 48.1 Å². The van der Waals surface area contributed by atoms with E-state index in [0.717, 1.165) is 23.4 Å². The maximum atomic E-state index is 13.0. The molecule has 0 spiro atoms. The van der Waals surface area contributed by atoms with Crippen LogP contribution in [0.4, 0.5) is 10.1 Å². The quantitative estimate of drug-likeness (QED) is 0.742. The van der Waals surface area contributed by atoms with Crippen LogP contribution in [0, 0.1) is 19.7 Å². The van der Waals surface area contributed by atoms with E-state index in [4.69, 9.17) is 0 Å². The van der Waals surface area contributed by atoms with Gasteiger partial charge in [0.25, 0.3) is 0 Å². The van der Waals surface area contributed by atoms with Crippen LogP contribution >= 0.6 is 0 Å². The first kappa shape index (κ1) is 21.9. The molecule has 0 radical (unpaired) electrons. The first-order chi connectivity index (χ1) is 15.3. The second kappa shape index (κ2) is 9.02. The summed E-state index contributed by atoms with van der Waals surface area (Å²) in [7, 11) is 0. The molecular formula is C23H26FN5O3. The molecule has 2 atom stereocenters. The zero-order valence-corrected chi connectivity index (χ0v) is 18.2. The van der Waals surface area contributed by atoms with Crippen molar-refractivity contribution < 1.29 is 18.8 Å². The van der Waals surface area contributed by atoms with E-state index in [1.165, 1.54) is 24.3 Å². The lowest BCUT2D eigenvalue weighted by atomic mass is 10.0. The number of carbonyl (C=O) groups excluding carboxylic acids is 3. The van der Waals surface area contributed by atoms with Crippen molar-refractivity contribution in [1.82, 2.24) is 20.2 Å². The molecule has 1 aromatic heterocycles. The molecule has 0 saturated carbocycles. The van der Waals surface area contributed by atoms with Crippen LogP contribution in [0.15, 0.2) is 24.3 Å². The molecule has 9 heteroatoms. The molecule has 2 saturated heterocycles. The Kier molecular flexibility index (Phi) is 6.16. The minimum Gasteiger partial charge on any atom is -0.344 e. The van der Waals surface area contributed by atoms with Gasteiger partial charge < -0.3 is 15.5 Å². The Morgan fingerprint density at radius 2 is 1.84 bits per heavy atom. The van der Waals surface area contributed by atoms with Gasteiger partial charge in [0.15, 0.2) is 0 Å². The number of anilines is 1. The summed E-state index contributed by atoms with van der Waals surface area (Å²) in [6.45, 7) is 4.84. The number of hydrogen-bond acceptors (Lipinski definition) is 5. The van der Waals surface area contributed by atoms with Gasteiger partial charge >= 0.3 is 0 Å². The summed E-state index contributed by atoms with van der Waals surface area (Å²) < 4.78 is 13.0. The number of rotatable bonds is 5. The van der Waals surface area contributed by atoms with Crippen molar-refractivity contribution in [2.24, 2.45) is 0 Å². The summed E-state index contributed by atoms with van der Waals surface area (Å²) in [6.07, 6.45) is 1.81. The normalized spacial score (nSPS) is 20.3. The molecule has 2 aliphatic heterocycles. The molecule has 32 heavy (non-hydrogen) atoms. The predicted octanol–water partition coefficient (Wildman–Crippen LogP) is 2.01. The summed E-state index contributed by atoms with van der Waals surface area (Å²) >= 11 is 0. The molecule has 168 valence electrons. The number of amides is 3. The lowest BCUT2D eigenvalue weighted by Gasteiger charge is -2.20. The molecule has 0 unspecified atom stereocenters. The first-order valence-electron chi connectivity index (χ1n) is 10.8. The van der Waals surface area contributed by atoms with Crippen molar-refractivity contribution in [1.29, 1.82) is 0 Å². The van der Waals surface area contributed by atoms with E-state index in [1.807, 2.05) is 13.8 Å². The maximum Gasteiger partial charge on any atom is 0.245 e. The fourth-order valence-corrected chi connectivity index (χ4v) is 4.29. The zero-order chi connectivity index (χ0) is 22.8. The van der Waals surface area contributed by atoms with Crippen molar-refractivity contribution in [2.75, 3.05) is 18.4 Å². The predicted molar refractivity (Wildman–Crippen MR) is 115 cm³/mol. The molecule has 2 N–H and O–H groups in total. The highest BCUT2D eigenvalue weighted by Crippen LogP contribution is 2.27. The number of halogens is 1. The second-order valence-electron chi connectivity index (χ2n) is 8.39. The average Bonchev–Trinajstić information content (AvgIpc) is 3.41. The monoisotopic (exact) mass is 439 g/mol. The molecular weight excluding hydrogens is 413 g/mol. The van der Waals surface area contributed by atoms with Crippen molar-refractivity contribution in [3.8, 4) is 0 Å². The molecule has 2 fully saturated rings. The molecule has 4 rings (SSSR count). The molecule has 1 aromatic carbocycles. The van der Waals surface area contributed by atoms with E-state index in [2.05, 4.69) is 20.6 Å². The van der Waals surface area contributed by atoms with Gasteiger partial charge in [-0.1, -0.05) is 0 Å². The highest BCUT2D eigenvalue weighted by Gasteiger charge is 2.36. The van der Waals surface area contributed by atoms with Crippen molar-refractivity contribution in [2.45, 2.75) is 51.5 Å². The van der Waals surface area contributed by atoms with Crippen LogP contribution in [0.3, 0.4) is 0 Å². The maximum absolute atomic E-state index is 13.0. The number of nitrogens with zero attached hydrogens (tertiary/aromatic N) is 3. The van der Waals surface area contributed by atoms with Crippen LogP contribution in [0.25, 0.3) is 0 Å². The fraction of sp³-hybridized carbons (Fsp3) is 0.435. The van der Waals surface area contributed by atoms with Crippen LogP contribution in [0.5, 0.6) is 0 Å². The molecule has 0 aliphatic carbocycles. The number of benzene rings is 1. The van der Waals surface area contributed by atoms with Crippen LogP contribution < -0.4 is 10.6 Å². The number of carbonyl (C=O) groups is 3. The minimum atomic E-state index is -0.423. The van der Waals surface area contributed by atoms with Gasteiger partial charge in [-0.3, -0.25) is 14.4 Å². The standard InChI is InChI=1S/C23H26FN5O3/c1-13-18(11-21(31)27-17-5-3-16(24)4-6-17)14(2)26-22(25-13)15-9-10-29(12-15)23(32)19-7-8-20(30)28-19/h3-6,15,19H,7-12H2,1-2H3,(H,27,31)(H,28,30)/t15-,19-/m1/s1. The van der Waals surface area contributed by atoms with E-state index >= 15 is 0 Å². The summed E-state index contributed by atoms with van der Waals surface area (Å²) in [5, 5.41) is 5.49. The van der Waals surface area contributed by atoms with Crippen LogP contribution in [-0.4, -0.2) is 51.7 Å². The summed E-state index contributed by atoms with van der Waals surface area (Å²) in [5.74, 6) is -0.00753. The Hall–Kier alpha value is -3.36. The number of nitrogens with one attached hydrogen (secondary N) is 2. The Balaban J connectivity index is 1.40. The van der Waals surface area contributed by atoms with Gasteiger partial charge in [-0.25, -0.2) is 14.4 Å². The first-order valence-corrected chi connectivity index (χ1v) is 10.8. The Labute approximate surface area is 185 Å². The van der Waals surface area contributed by atoms with Gasteiger partial charge in [-0.2, -0.15) is 0 Å². The largest absolute Gasteiger partial charge is 0.344 e. The number of likely N-dealkylation sites (tertiary alicyclic amines) is 1. The molecule has 2 aliphatic rings. The molecule has 8 nitrogen and oxygen atoms in total. The number of aromatic nitrogens is 2. The highest BCUT2D eigenvalue weighted by atomic mass is 19.1. The third-order valence-corrected chi connectivity index (χ3v) is 6.06. The van der Waals surface area contributed by atoms with Gasteiger partial charge in [-0.05, 0) is 51.0 Å². The van der Waals surface area contributed by atoms with Gasteiger partial charge in [0.1, 0.15) is 17.7 Å². The topological polar surface area (TPSA) is 104 Å². The third-order valence-electron chi connectivity index (χ3n) is 6.06. The van der Waals surface area contributed by atoms with Crippen LogP contribution in [0.1, 0.15) is 48.0 Å². The molecule has 0 bridgehead atoms. The molecule has 3 amide bonds. The van der Waals surface area contributed by atoms with Crippen molar-refractivity contribution >= 4 is 23.4 Å². The summed E-state index contributed by atoms with van der Waals surface area (Å²) in [4.78, 5) is 47.6. The highest BCUT2D eigenvalue weighted by molar-refractivity contribution is 5.92. The van der Waals surface area contributed by atoms with E-state index < -0.39 is 6.04 Å². The summed E-state index contributed by atoms with van der Waals surface area (Å²) in [5.41, 5.74) is 2.75. The van der Waals surface area contributed by atoms with E-state index in [1.54, 1.807) is 4.90 Å². The van der Waals surface area contributed by atoms with Crippen LogP contribution in [0.2, 0.25) is 0 Å². The Morgan fingerprint density at radius 3 is 2.47 bits per heavy atom. The SMILES string of the molecule is Cc1nc([C@@H]2CCN(C(=O)[C@H]3CCC(=O)N3)C2)nc(C)c1CC(=O)Nc1ccc(F)cc1. The van der Waals surface area contributed by atoms with Gasteiger partial charge in [0.2, 0.25) is 17.7 Å². The zero-order valence-electron chi connectivity index (χ0n) is 18.2. The number of hydrogen-bond donors (Lipinski definition) is 2. The van der Waals surface area contributed by atoms with Gasteiger partial charge in [-0.15, -0.1) is 0 Å². The molecule has 2 aromatic rings. The second-order valence-corrected chi connectivity index (χ2v) is 8.39. The van der Waals surface area contributed by atoms with E-state index in [-0.39, 0.29) is 35.9 Å². The van der Waals surface area contributed by atoms with Crippen molar-refractivity contribution in [3.05, 3.63) is 52.9 Å². The third kappa shape index (κ3) is 4.76. The van der Waals surface area contributed by atoms with Crippen molar-refractivity contribution in [3.63, 3.8) is 0 Å². The average molecular weight is 439 g/mol. The summed E-state index contributed by atoms with van der Waals surface area (Å²) in [6, 6.07) is 5.18. The fourth-order valence-electron chi connectivity index (χ4n) is 4.29. The van der Waals surface area contributed by atoms with E-state index in [9.17, 15) is 18.8 Å². The smallest absolute Gasteiger partial charge is 0.245 e. The lowest BCUT2D eigenvalue weighted by Crippen LogP contribution is -2.43.